The van der Waals surface area contributed by atoms with Gasteiger partial charge in [0.05, 0.1) is 0 Å². The zero-order chi connectivity index (χ0) is 18.5. The Morgan fingerprint density at radius 2 is 1.81 bits per heavy atom. The fourth-order valence-corrected chi connectivity index (χ4v) is 3.22. The average Bonchev–Trinajstić information content (AvgIpc) is 3.09. The highest BCUT2D eigenvalue weighted by atomic mass is 79.9. The smallest absolute Gasteiger partial charge is 0.375 e. The molecule has 1 amide bonds. The third-order valence-corrected chi connectivity index (χ3v) is 4.77. The minimum atomic E-state index is -0.841. The second kappa shape index (κ2) is 8.51. The summed E-state index contributed by atoms with van der Waals surface area (Å²) in [5.74, 6) is -0.744. The Balaban J connectivity index is 1.47. The van der Waals surface area contributed by atoms with Crippen molar-refractivity contribution in [2.45, 2.75) is 19.6 Å². The SMILES string of the molecule is CC(OC(=O)c1ccc(Br)o1)C(=O)N1CCN(Cc2ccccc2)CC1. The molecule has 2 aromatic rings. The van der Waals surface area contributed by atoms with Crippen LogP contribution in [0, 0.1) is 0 Å². The third kappa shape index (κ3) is 4.74. The molecule has 1 fully saturated rings. The number of carbonyl (C=O) groups excluding carboxylic acids is 2. The quantitative estimate of drug-likeness (QED) is 0.695. The molecule has 0 aliphatic carbocycles. The summed E-state index contributed by atoms with van der Waals surface area (Å²) in [6.07, 6.45) is -0.841. The van der Waals surface area contributed by atoms with E-state index < -0.39 is 12.1 Å². The summed E-state index contributed by atoms with van der Waals surface area (Å²) in [6, 6.07) is 13.4. The van der Waals surface area contributed by atoms with Gasteiger partial charge in [0.15, 0.2) is 10.8 Å². The van der Waals surface area contributed by atoms with Crippen LogP contribution in [0.25, 0.3) is 0 Å². The van der Waals surface area contributed by atoms with Crippen LogP contribution >= 0.6 is 15.9 Å². The fourth-order valence-electron chi connectivity index (χ4n) is 2.92. The van der Waals surface area contributed by atoms with Gasteiger partial charge in [-0.15, -0.1) is 0 Å². The van der Waals surface area contributed by atoms with E-state index in [2.05, 4.69) is 33.0 Å². The van der Waals surface area contributed by atoms with E-state index in [1.165, 1.54) is 11.6 Å². The largest absolute Gasteiger partial charge is 0.447 e. The van der Waals surface area contributed by atoms with E-state index in [0.717, 1.165) is 19.6 Å². The maximum atomic E-state index is 12.5. The predicted molar refractivity (Wildman–Crippen MR) is 99.6 cm³/mol. The number of carbonyl (C=O) groups is 2. The number of benzene rings is 1. The lowest BCUT2D eigenvalue weighted by molar-refractivity contribution is -0.141. The van der Waals surface area contributed by atoms with Gasteiger partial charge in [-0.25, -0.2) is 4.79 Å². The lowest BCUT2D eigenvalue weighted by atomic mass is 10.2. The highest BCUT2D eigenvalue weighted by molar-refractivity contribution is 9.10. The average molecular weight is 421 g/mol. The molecule has 6 nitrogen and oxygen atoms in total. The van der Waals surface area contributed by atoms with E-state index >= 15 is 0 Å². The highest BCUT2D eigenvalue weighted by Crippen LogP contribution is 2.16. The Labute approximate surface area is 160 Å². The normalized spacial score (nSPS) is 16.3. The molecular formula is C19H21BrN2O4. The van der Waals surface area contributed by atoms with Gasteiger partial charge < -0.3 is 14.1 Å². The molecule has 1 atom stereocenters. The number of esters is 1. The summed E-state index contributed by atoms with van der Waals surface area (Å²) in [4.78, 5) is 28.6. The molecule has 1 aliphatic rings. The zero-order valence-electron chi connectivity index (χ0n) is 14.6. The van der Waals surface area contributed by atoms with Crippen LogP contribution in [0.1, 0.15) is 23.0 Å². The number of hydrogen-bond donors (Lipinski definition) is 0. The molecule has 2 heterocycles. The van der Waals surface area contributed by atoms with E-state index in [1.807, 2.05) is 18.2 Å². The van der Waals surface area contributed by atoms with Gasteiger partial charge in [0.2, 0.25) is 5.76 Å². The number of amides is 1. The van der Waals surface area contributed by atoms with Crippen LogP contribution in [0.15, 0.2) is 51.6 Å². The molecule has 0 saturated carbocycles. The molecule has 26 heavy (non-hydrogen) atoms. The van der Waals surface area contributed by atoms with E-state index in [4.69, 9.17) is 9.15 Å². The van der Waals surface area contributed by atoms with Gasteiger partial charge in [0.1, 0.15) is 0 Å². The monoisotopic (exact) mass is 420 g/mol. The molecule has 1 saturated heterocycles. The summed E-state index contributed by atoms with van der Waals surface area (Å²) < 4.78 is 10.8. The molecular weight excluding hydrogens is 400 g/mol. The topological polar surface area (TPSA) is 63.0 Å². The van der Waals surface area contributed by atoms with Crippen LogP contribution in [0.3, 0.4) is 0 Å². The highest BCUT2D eigenvalue weighted by Gasteiger charge is 2.28. The van der Waals surface area contributed by atoms with Gasteiger partial charge in [-0.1, -0.05) is 30.3 Å². The van der Waals surface area contributed by atoms with Crippen LogP contribution in [0.4, 0.5) is 0 Å². The van der Waals surface area contributed by atoms with Crippen molar-refractivity contribution >= 4 is 27.8 Å². The van der Waals surface area contributed by atoms with E-state index in [9.17, 15) is 9.59 Å². The first-order chi connectivity index (χ1) is 12.5. The van der Waals surface area contributed by atoms with Gasteiger partial charge in [-0.2, -0.15) is 0 Å². The molecule has 0 radical (unpaired) electrons. The zero-order valence-corrected chi connectivity index (χ0v) is 16.1. The predicted octanol–water partition coefficient (Wildman–Crippen LogP) is 2.93. The van der Waals surface area contributed by atoms with Crippen molar-refractivity contribution in [3.8, 4) is 0 Å². The summed E-state index contributed by atoms with van der Waals surface area (Å²) in [6.45, 7) is 5.31. The van der Waals surface area contributed by atoms with Gasteiger partial charge >= 0.3 is 5.97 Å². The van der Waals surface area contributed by atoms with Crippen molar-refractivity contribution < 1.29 is 18.7 Å². The van der Waals surface area contributed by atoms with E-state index in [1.54, 1.807) is 17.9 Å². The van der Waals surface area contributed by atoms with Crippen molar-refractivity contribution in [2.24, 2.45) is 0 Å². The molecule has 1 aromatic carbocycles. The van der Waals surface area contributed by atoms with Crippen LogP contribution in [-0.2, 0) is 16.1 Å². The van der Waals surface area contributed by atoms with Crippen molar-refractivity contribution in [2.75, 3.05) is 26.2 Å². The number of furan rings is 1. The third-order valence-electron chi connectivity index (χ3n) is 4.34. The summed E-state index contributed by atoms with van der Waals surface area (Å²) >= 11 is 3.13. The van der Waals surface area contributed by atoms with Gasteiger partial charge in [-0.3, -0.25) is 9.69 Å². The second-order valence-corrected chi connectivity index (χ2v) is 7.02. The van der Waals surface area contributed by atoms with Crippen LogP contribution in [0.2, 0.25) is 0 Å². The van der Waals surface area contributed by atoms with Crippen LogP contribution in [-0.4, -0.2) is 54.0 Å². The molecule has 0 N–H and O–H groups in total. The lowest BCUT2D eigenvalue weighted by Crippen LogP contribution is -2.51. The molecule has 138 valence electrons. The van der Waals surface area contributed by atoms with E-state index in [0.29, 0.717) is 17.8 Å². The molecule has 0 spiro atoms. The number of rotatable bonds is 5. The second-order valence-electron chi connectivity index (χ2n) is 6.24. The number of halogens is 1. The first kappa shape index (κ1) is 18.7. The Kier molecular flexibility index (Phi) is 6.11. The van der Waals surface area contributed by atoms with Crippen molar-refractivity contribution in [3.05, 3.63) is 58.5 Å². The Hall–Kier alpha value is -2.12. The number of ether oxygens (including phenoxy) is 1. The Morgan fingerprint density at radius 1 is 1.12 bits per heavy atom. The van der Waals surface area contributed by atoms with Crippen molar-refractivity contribution in [1.82, 2.24) is 9.80 Å². The first-order valence-corrected chi connectivity index (χ1v) is 9.33. The Bertz CT molecular complexity index is 754. The molecule has 7 heteroatoms. The maximum absolute atomic E-state index is 12.5. The Morgan fingerprint density at radius 3 is 2.42 bits per heavy atom. The van der Waals surface area contributed by atoms with Crippen molar-refractivity contribution in [1.29, 1.82) is 0 Å². The summed E-state index contributed by atoms with van der Waals surface area (Å²) in [7, 11) is 0. The summed E-state index contributed by atoms with van der Waals surface area (Å²) in [5.41, 5.74) is 1.26. The number of piperazine rings is 1. The first-order valence-electron chi connectivity index (χ1n) is 8.54. The fraction of sp³-hybridized carbons (Fsp3) is 0.368. The van der Waals surface area contributed by atoms with Crippen LogP contribution in [0.5, 0.6) is 0 Å². The number of hydrogen-bond acceptors (Lipinski definition) is 5. The van der Waals surface area contributed by atoms with E-state index in [-0.39, 0.29) is 11.7 Å². The molecule has 0 bridgehead atoms. The van der Waals surface area contributed by atoms with Crippen molar-refractivity contribution in [3.63, 3.8) is 0 Å². The summed E-state index contributed by atoms with van der Waals surface area (Å²) in [5, 5.41) is 0. The molecule has 1 aliphatic heterocycles. The van der Waals surface area contributed by atoms with Gasteiger partial charge in [0, 0.05) is 32.7 Å². The van der Waals surface area contributed by atoms with Crippen LogP contribution < -0.4 is 0 Å². The molecule has 3 rings (SSSR count). The minimum absolute atomic E-state index is 0.0733. The minimum Gasteiger partial charge on any atom is -0.447 e. The van der Waals surface area contributed by atoms with Gasteiger partial charge in [-0.05, 0) is 40.5 Å². The molecule has 1 aromatic heterocycles. The molecule has 1 unspecified atom stereocenters. The van der Waals surface area contributed by atoms with Gasteiger partial charge in [0.25, 0.3) is 5.91 Å². The lowest BCUT2D eigenvalue weighted by Gasteiger charge is -2.35. The number of nitrogens with zero attached hydrogens (tertiary/aromatic N) is 2. The maximum Gasteiger partial charge on any atom is 0.375 e. The standard InChI is InChI=1S/C19H21BrN2O4/c1-14(25-19(24)16-7-8-17(20)26-16)18(23)22-11-9-21(10-12-22)13-15-5-3-2-4-6-15/h2-8,14H,9-13H2,1H3.